The highest BCUT2D eigenvalue weighted by molar-refractivity contribution is 5.94. The summed E-state index contributed by atoms with van der Waals surface area (Å²) in [4.78, 5) is 27.0. The maximum atomic E-state index is 13.3. The number of imidazole rings is 1. The van der Waals surface area contributed by atoms with Crippen LogP contribution in [0.25, 0.3) is 0 Å². The average Bonchev–Trinajstić information content (AvgIpc) is 3.02. The molecule has 0 fully saturated rings. The smallest absolute Gasteiger partial charge is 0.374 e. The number of carbonyl (C=O) groups is 2. The number of nitrogens with one attached hydrogen (secondary N) is 2. The molecular formula is C16H15F5N4O3. The monoisotopic (exact) mass is 406 g/mol. The summed E-state index contributed by atoms with van der Waals surface area (Å²) in [7, 11) is 1.21. The van der Waals surface area contributed by atoms with Gasteiger partial charge in [0.15, 0.2) is 17.5 Å². The molecule has 152 valence electrons. The van der Waals surface area contributed by atoms with Crippen molar-refractivity contribution in [2.75, 3.05) is 11.9 Å². The Morgan fingerprint density at radius 1 is 1.18 bits per heavy atom. The lowest BCUT2D eigenvalue weighted by Crippen LogP contribution is -2.48. The Balaban J connectivity index is 2.00. The fourth-order valence-electron chi connectivity index (χ4n) is 2.32. The fourth-order valence-corrected chi connectivity index (χ4v) is 2.32. The van der Waals surface area contributed by atoms with E-state index >= 15 is 0 Å². The minimum absolute atomic E-state index is 0.113. The first-order valence-electron chi connectivity index (χ1n) is 7.72. The summed E-state index contributed by atoms with van der Waals surface area (Å²) in [5.74, 6) is -5.31. The van der Waals surface area contributed by atoms with E-state index in [0.29, 0.717) is 6.07 Å². The number of aliphatic hydroxyl groups is 1. The summed E-state index contributed by atoms with van der Waals surface area (Å²) in [6.45, 7) is -0.758. The Kier molecular flexibility index (Phi) is 6.02. The summed E-state index contributed by atoms with van der Waals surface area (Å²) in [5, 5.41) is 14.1. The van der Waals surface area contributed by atoms with Crippen molar-refractivity contribution in [1.29, 1.82) is 0 Å². The summed E-state index contributed by atoms with van der Waals surface area (Å²) in [6, 6.07) is 2.51. The van der Waals surface area contributed by atoms with Crippen LogP contribution in [-0.4, -0.2) is 39.2 Å². The summed E-state index contributed by atoms with van der Waals surface area (Å²) in [6.07, 6.45) is -4.45. The molecule has 0 spiro atoms. The fraction of sp³-hybridized carbons (Fsp3) is 0.312. The van der Waals surface area contributed by atoms with Crippen molar-refractivity contribution in [3.05, 3.63) is 48.1 Å². The van der Waals surface area contributed by atoms with E-state index < -0.39 is 54.0 Å². The predicted octanol–water partition coefficient (Wildman–Crippen LogP) is 1.59. The van der Waals surface area contributed by atoms with Gasteiger partial charge in [-0.2, -0.15) is 13.2 Å². The molecule has 1 atom stereocenters. The molecular weight excluding hydrogens is 391 g/mol. The molecule has 0 saturated heterocycles. The van der Waals surface area contributed by atoms with Gasteiger partial charge in [0.25, 0.3) is 0 Å². The Labute approximate surface area is 155 Å². The van der Waals surface area contributed by atoms with Crippen molar-refractivity contribution in [2.24, 2.45) is 7.05 Å². The van der Waals surface area contributed by atoms with Gasteiger partial charge in [-0.15, -0.1) is 0 Å². The Morgan fingerprint density at radius 2 is 1.86 bits per heavy atom. The summed E-state index contributed by atoms with van der Waals surface area (Å²) < 4.78 is 66.8. The van der Waals surface area contributed by atoms with E-state index in [1.807, 2.05) is 5.32 Å². The van der Waals surface area contributed by atoms with Crippen LogP contribution in [0.4, 0.5) is 27.6 Å². The third-order valence-electron chi connectivity index (χ3n) is 3.73. The SMILES string of the molecule is Cn1ccnc1C(O)(CC(=O)NCC(=O)Nc1ccc(F)c(F)c1)C(F)(F)F. The van der Waals surface area contributed by atoms with Gasteiger partial charge in [0.05, 0.1) is 13.0 Å². The van der Waals surface area contributed by atoms with E-state index in [1.165, 1.54) is 13.2 Å². The van der Waals surface area contributed by atoms with Gasteiger partial charge in [-0.1, -0.05) is 0 Å². The molecule has 28 heavy (non-hydrogen) atoms. The highest BCUT2D eigenvalue weighted by atomic mass is 19.4. The molecule has 1 aromatic heterocycles. The van der Waals surface area contributed by atoms with Gasteiger partial charge in [0, 0.05) is 31.2 Å². The van der Waals surface area contributed by atoms with Crippen LogP contribution in [0, 0.1) is 11.6 Å². The minimum Gasteiger partial charge on any atom is -0.374 e. The highest BCUT2D eigenvalue weighted by Gasteiger charge is 2.58. The lowest BCUT2D eigenvalue weighted by molar-refractivity contribution is -0.271. The minimum atomic E-state index is -5.21. The zero-order valence-corrected chi connectivity index (χ0v) is 14.3. The second-order valence-electron chi connectivity index (χ2n) is 5.85. The molecule has 1 unspecified atom stereocenters. The van der Waals surface area contributed by atoms with Crippen LogP contribution in [0.15, 0.2) is 30.6 Å². The molecule has 7 nitrogen and oxygen atoms in total. The number of halogens is 5. The summed E-state index contributed by atoms with van der Waals surface area (Å²) in [5.41, 5.74) is -3.68. The highest BCUT2D eigenvalue weighted by Crippen LogP contribution is 2.40. The Hall–Kier alpha value is -3.02. The number of aryl methyl sites for hydroxylation is 1. The van der Waals surface area contributed by atoms with Crippen LogP contribution in [0.3, 0.4) is 0 Å². The predicted molar refractivity (Wildman–Crippen MR) is 85.8 cm³/mol. The van der Waals surface area contributed by atoms with Crippen LogP contribution in [0.2, 0.25) is 0 Å². The molecule has 0 saturated carbocycles. The summed E-state index contributed by atoms with van der Waals surface area (Å²) >= 11 is 0. The van der Waals surface area contributed by atoms with Gasteiger partial charge in [-0.25, -0.2) is 13.8 Å². The molecule has 0 aliphatic rings. The van der Waals surface area contributed by atoms with Gasteiger partial charge in [-0.05, 0) is 12.1 Å². The second kappa shape index (κ2) is 7.92. The van der Waals surface area contributed by atoms with Gasteiger partial charge in [-0.3, -0.25) is 9.59 Å². The number of rotatable bonds is 6. The van der Waals surface area contributed by atoms with Crippen LogP contribution >= 0.6 is 0 Å². The van der Waals surface area contributed by atoms with Crippen molar-refractivity contribution in [3.8, 4) is 0 Å². The maximum absolute atomic E-state index is 13.3. The molecule has 1 aromatic carbocycles. The topological polar surface area (TPSA) is 96.2 Å². The number of carbonyl (C=O) groups excluding carboxylic acids is 2. The van der Waals surface area contributed by atoms with Crippen molar-refractivity contribution in [1.82, 2.24) is 14.9 Å². The van der Waals surface area contributed by atoms with Crippen LogP contribution in [-0.2, 0) is 22.2 Å². The van der Waals surface area contributed by atoms with Crippen molar-refractivity contribution in [3.63, 3.8) is 0 Å². The first-order chi connectivity index (χ1) is 12.9. The molecule has 1 heterocycles. The molecule has 0 aliphatic heterocycles. The van der Waals surface area contributed by atoms with Crippen LogP contribution in [0.5, 0.6) is 0 Å². The van der Waals surface area contributed by atoms with Gasteiger partial charge in [0.2, 0.25) is 17.4 Å². The lowest BCUT2D eigenvalue weighted by Gasteiger charge is -2.29. The zero-order valence-electron chi connectivity index (χ0n) is 14.3. The number of amides is 2. The molecule has 0 bridgehead atoms. The number of hydrogen-bond acceptors (Lipinski definition) is 4. The van der Waals surface area contributed by atoms with Crippen LogP contribution in [0.1, 0.15) is 12.2 Å². The van der Waals surface area contributed by atoms with E-state index in [-0.39, 0.29) is 5.69 Å². The number of alkyl halides is 3. The Bertz CT molecular complexity index is 883. The molecule has 12 heteroatoms. The molecule has 0 radical (unpaired) electrons. The van der Waals surface area contributed by atoms with E-state index in [1.54, 1.807) is 0 Å². The standard InChI is InChI=1S/C16H15F5N4O3/c1-25-5-4-22-14(25)15(28,16(19,20)21)7-12(26)23-8-13(27)24-9-2-3-10(17)11(18)6-9/h2-6,28H,7-8H2,1H3,(H,23,26)(H,24,27). The molecule has 2 amide bonds. The van der Waals surface area contributed by atoms with E-state index in [4.69, 9.17) is 0 Å². The van der Waals surface area contributed by atoms with E-state index in [0.717, 1.165) is 22.9 Å². The van der Waals surface area contributed by atoms with Gasteiger partial charge >= 0.3 is 6.18 Å². The first-order valence-corrected chi connectivity index (χ1v) is 7.72. The maximum Gasteiger partial charge on any atom is 0.425 e. The van der Waals surface area contributed by atoms with Crippen molar-refractivity contribution >= 4 is 17.5 Å². The number of aromatic nitrogens is 2. The van der Waals surface area contributed by atoms with E-state index in [2.05, 4.69) is 10.3 Å². The lowest BCUT2D eigenvalue weighted by atomic mass is 9.97. The zero-order chi connectivity index (χ0) is 21.1. The third kappa shape index (κ3) is 4.63. The number of benzene rings is 1. The van der Waals surface area contributed by atoms with Gasteiger partial charge in [0.1, 0.15) is 0 Å². The van der Waals surface area contributed by atoms with Crippen molar-refractivity contribution in [2.45, 2.75) is 18.2 Å². The molecule has 0 aliphatic carbocycles. The average molecular weight is 406 g/mol. The first kappa shape index (κ1) is 21.3. The van der Waals surface area contributed by atoms with E-state index in [9.17, 15) is 36.6 Å². The Morgan fingerprint density at radius 3 is 2.39 bits per heavy atom. The quantitative estimate of drug-likeness (QED) is 0.635. The number of hydrogen-bond donors (Lipinski definition) is 3. The van der Waals surface area contributed by atoms with Crippen molar-refractivity contribution < 1.29 is 36.6 Å². The normalized spacial score (nSPS) is 13.7. The molecule has 2 rings (SSSR count). The largest absolute Gasteiger partial charge is 0.425 e. The number of anilines is 1. The number of nitrogens with zero attached hydrogens (tertiary/aromatic N) is 2. The van der Waals surface area contributed by atoms with Gasteiger partial charge < -0.3 is 20.3 Å². The molecule has 2 aromatic rings. The second-order valence-corrected chi connectivity index (χ2v) is 5.85. The molecule has 3 N–H and O–H groups in total. The van der Waals surface area contributed by atoms with Crippen LogP contribution < -0.4 is 10.6 Å². The third-order valence-corrected chi connectivity index (χ3v) is 3.73.